The van der Waals surface area contributed by atoms with Crippen LogP contribution in [0.15, 0.2) is 9.98 Å². The van der Waals surface area contributed by atoms with Crippen molar-refractivity contribution in [3.8, 4) is 0 Å². The molecule has 16 N–H and O–H groups in total. The van der Waals surface area contributed by atoms with Gasteiger partial charge in [0.1, 0.15) is 18.1 Å². The van der Waals surface area contributed by atoms with Crippen molar-refractivity contribution in [3.63, 3.8) is 0 Å². The number of carbonyl (C=O) groups excluding carboxylic acids is 3. The number of nitrogens with zero attached hydrogens (tertiary/aromatic N) is 2. The van der Waals surface area contributed by atoms with Gasteiger partial charge in [-0.05, 0) is 32.1 Å². The van der Waals surface area contributed by atoms with Crippen LogP contribution in [0.25, 0.3) is 0 Å². The number of amides is 3. The van der Waals surface area contributed by atoms with Gasteiger partial charge in [0.05, 0.1) is 12.5 Å². The van der Waals surface area contributed by atoms with E-state index in [1.165, 1.54) is 0 Å². The molecule has 0 spiro atoms. The van der Waals surface area contributed by atoms with Crippen molar-refractivity contribution in [1.29, 1.82) is 0 Å². The highest BCUT2D eigenvalue weighted by Gasteiger charge is 2.31. The maximum absolute atomic E-state index is 12.9. The van der Waals surface area contributed by atoms with Crippen LogP contribution < -0.4 is 44.6 Å². The Morgan fingerprint density at radius 2 is 1.10 bits per heavy atom. The first kappa shape index (κ1) is 35.3. The summed E-state index contributed by atoms with van der Waals surface area (Å²) >= 11 is 0. The first-order chi connectivity index (χ1) is 18.6. The molecule has 0 aromatic rings. The highest BCUT2D eigenvalue weighted by atomic mass is 16.4. The van der Waals surface area contributed by atoms with Gasteiger partial charge in [0, 0.05) is 19.5 Å². The smallest absolute Gasteiger partial charge is 0.326 e. The van der Waals surface area contributed by atoms with Gasteiger partial charge in [0.25, 0.3) is 0 Å². The topological polar surface area (TPSA) is 354 Å². The summed E-state index contributed by atoms with van der Waals surface area (Å²) in [5.41, 5.74) is 26.7. The summed E-state index contributed by atoms with van der Waals surface area (Å²) in [6.07, 6.45) is -1.45. The number of aliphatic carboxylic acids is 3. The largest absolute Gasteiger partial charge is 0.481 e. The fourth-order valence-electron chi connectivity index (χ4n) is 3.16. The lowest BCUT2D eigenvalue weighted by Gasteiger charge is -2.24. The predicted octanol–water partition coefficient (Wildman–Crippen LogP) is -4.70. The summed E-state index contributed by atoms with van der Waals surface area (Å²) < 4.78 is 0. The zero-order valence-electron chi connectivity index (χ0n) is 21.7. The molecule has 0 aliphatic rings. The number of rotatable bonds is 20. The lowest BCUT2D eigenvalue weighted by molar-refractivity contribution is -0.144. The predicted molar refractivity (Wildman–Crippen MR) is 140 cm³/mol. The Morgan fingerprint density at radius 3 is 1.57 bits per heavy atom. The van der Waals surface area contributed by atoms with E-state index in [1.54, 1.807) is 0 Å². The van der Waals surface area contributed by atoms with Crippen molar-refractivity contribution in [2.75, 3.05) is 13.1 Å². The SMILES string of the molecule is NC(N)=NCCCC(N)C(=O)NC(CC(=O)O)C(=O)NC(CCCN=C(N)N)C(=O)NC(CCC(=O)O)C(=O)O. The van der Waals surface area contributed by atoms with Gasteiger partial charge in [0.15, 0.2) is 11.9 Å². The van der Waals surface area contributed by atoms with E-state index < -0.39 is 79.1 Å². The van der Waals surface area contributed by atoms with E-state index in [1.807, 2.05) is 0 Å². The maximum atomic E-state index is 12.9. The Balaban J connectivity index is 5.61. The molecule has 0 rings (SSSR count). The number of hydrogen-bond donors (Lipinski definition) is 11. The van der Waals surface area contributed by atoms with Crippen LogP contribution in [0, 0.1) is 0 Å². The standard InChI is InChI=1S/C21H38N10O9/c22-10(3-1-7-27-20(23)24)16(36)31-13(9-15(34)35)18(38)29-11(4-2-8-28-21(25)26)17(37)30-12(19(39)40)5-6-14(32)33/h10-13H,1-9,22H2,(H,29,38)(H,30,37)(H,31,36)(H,32,33)(H,34,35)(H,39,40)(H4,23,24,27)(H4,25,26,28). The second-order valence-corrected chi connectivity index (χ2v) is 8.56. The van der Waals surface area contributed by atoms with Crippen LogP contribution in [0.4, 0.5) is 0 Å². The zero-order chi connectivity index (χ0) is 30.8. The second kappa shape index (κ2) is 18.6. The summed E-state index contributed by atoms with van der Waals surface area (Å²) in [5.74, 6) is -7.53. The molecule has 4 unspecified atom stereocenters. The minimum atomic E-state index is -1.65. The van der Waals surface area contributed by atoms with E-state index in [2.05, 4.69) is 25.9 Å². The Morgan fingerprint density at radius 1 is 0.625 bits per heavy atom. The molecule has 226 valence electrons. The molecule has 0 saturated carbocycles. The van der Waals surface area contributed by atoms with Gasteiger partial charge in [-0.3, -0.25) is 34.0 Å². The summed E-state index contributed by atoms with van der Waals surface area (Å²) in [6, 6.07) is -5.80. The molecule has 19 heteroatoms. The molecular weight excluding hydrogens is 536 g/mol. The minimum absolute atomic E-state index is 0.0351. The highest BCUT2D eigenvalue weighted by molar-refractivity contribution is 5.95. The molecular formula is C21H38N10O9. The Hall–Kier alpha value is -4.68. The van der Waals surface area contributed by atoms with E-state index in [4.69, 9.17) is 33.8 Å². The third-order valence-corrected chi connectivity index (χ3v) is 5.16. The molecule has 0 aromatic carbocycles. The number of carboxylic acids is 3. The van der Waals surface area contributed by atoms with Gasteiger partial charge in [0.2, 0.25) is 17.7 Å². The summed E-state index contributed by atoms with van der Waals surface area (Å²) in [4.78, 5) is 79.4. The van der Waals surface area contributed by atoms with Crippen LogP contribution in [0.1, 0.15) is 44.9 Å². The van der Waals surface area contributed by atoms with Crippen molar-refractivity contribution < 1.29 is 44.1 Å². The van der Waals surface area contributed by atoms with E-state index in [0.29, 0.717) is 6.42 Å². The molecule has 0 aromatic heterocycles. The van der Waals surface area contributed by atoms with Gasteiger partial charge in [-0.25, -0.2) is 4.79 Å². The van der Waals surface area contributed by atoms with Crippen LogP contribution >= 0.6 is 0 Å². The van der Waals surface area contributed by atoms with Gasteiger partial charge >= 0.3 is 17.9 Å². The lowest BCUT2D eigenvalue weighted by atomic mass is 10.1. The average Bonchev–Trinajstić information content (AvgIpc) is 2.84. The van der Waals surface area contributed by atoms with Crippen molar-refractivity contribution in [2.24, 2.45) is 38.7 Å². The number of guanidine groups is 2. The number of carbonyl (C=O) groups is 6. The zero-order valence-corrected chi connectivity index (χ0v) is 21.7. The number of aliphatic imine (C=N–C) groups is 2. The van der Waals surface area contributed by atoms with Crippen LogP contribution in [-0.4, -0.2) is 100 Å². The molecule has 0 heterocycles. The first-order valence-electron chi connectivity index (χ1n) is 12.1. The lowest BCUT2D eigenvalue weighted by Crippen LogP contribution is -2.57. The molecule has 0 bridgehead atoms. The molecule has 0 aliphatic carbocycles. The number of hydrogen-bond acceptors (Lipinski definition) is 9. The number of nitrogens with two attached hydrogens (primary N) is 5. The molecule has 0 aliphatic heterocycles. The Labute approximate surface area is 229 Å². The summed E-state index contributed by atoms with van der Waals surface area (Å²) in [5, 5.41) is 34.1. The summed E-state index contributed by atoms with van der Waals surface area (Å²) in [7, 11) is 0. The van der Waals surface area contributed by atoms with Gasteiger partial charge in [-0.2, -0.15) is 0 Å². The minimum Gasteiger partial charge on any atom is -0.481 e. The first-order valence-corrected chi connectivity index (χ1v) is 12.1. The molecule has 0 fully saturated rings. The van der Waals surface area contributed by atoms with E-state index in [-0.39, 0.29) is 44.3 Å². The highest BCUT2D eigenvalue weighted by Crippen LogP contribution is 2.05. The second-order valence-electron chi connectivity index (χ2n) is 8.56. The maximum Gasteiger partial charge on any atom is 0.326 e. The van der Waals surface area contributed by atoms with Gasteiger partial charge in [-0.15, -0.1) is 0 Å². The fraction of sp³-hybridized carbons (Fsp3) is 0.619. The van der Waals surface area contributed by atoms with Crippen LogP contribution in [0.2, 0.25) is 0 Å². The van der Waals surface area contributed by atoms with E-state index in [0.717, 1.165) is 0 Å². The Bertz CT molecular complexity index is 965. The van der Waals surface area contributed by atoms with E-state index >= 15 is 0 Å². The van der Waals surface area contributed by atoms with E-state index in [9.17, 15) is 39.0 Å². The van der Waals surface area contributed by atoms with Crippen LogP contribution in [0.3, 0.4) is 0 Å². The molecule has 40 heavy (non-hydrogen) atoms. The van der Waals surface area contributed by atoms with Crippen molar-refractivity contribution in [3.05, 3.63) is 0 Å². The van der Waals surface area contributed by atoms with Gasteiger partial charge < -0.3 is 59.9 Å². The fourth-order valence-corrected chi connectivity index (χ4v) is 3.16. The van der Waals surface area contributed by atoms with Gasteiger partial charge in [-0.1, -0.05) is 0 Å². The summed E-state index contributed by atoms with van der Waals surface area (Å²) in [6.45, 7) is 0.218. The van der Waals surface area contributed by atoms with Crippen molar-refractivity contribution in [2.45, 2.75) is 69.1 Å². The number of carboxylic acid groups (broad SMARTS) is 3. The molecule has 4 atom stereocenters. The third kappa shape index (κ3) is 16.2. The normalized spacial score (nSPS) is 13.4. The van der Waals surface area contributed by atoms with Crippen molar-refractivity contribution in [1.82, 2.24) is 16.0 Å². The number of nitrogens with one attached hydrogen (secondary N) is 3. The Kier molecular flexibility index (Phi) is 16.4. The molecule has 0 radical (unpaired) electrons. The quantitative estimate of drug-likeness (QED) is 0.0369. The molecule has 3 amide bonds. The molecule has 19 nitrogen and oxygen atoms in total. The van der Waals surface area contributed by atoms with Crippen LogP contribution in [0.5, 0.6) is 0 Å². The third-order valence-electron chi connectivity index (χ3n) is 5.16. The molecule has 0 saturated heterocycles. The monoisotopic (exact) mass is 574 g/mol. The van der Waals surface area contributed by atoms with Crippen LogP contribution in [-0.2, 0) is 28.8 Å². The average molecular weight is 575 g/mol. The van der Waals surface area contributed by atoms with Crippen molar-refractivity contribution >= 4 is 47.5 Å².